The van der Waals surface area contributed by atoms with Crippen LogP contribution in [0.2, 0.25) is 0 Å². The summed E-state index contributed by atoms with van der Waals surface area (Å²) in [7, 11) is 0. The van der Waals surface area contributed by atoms with Crippen molar-refractivity contribution in [1.29, 1.82) is 5.26 Å². The molecule has 66 valence electrons. The number of hydrogen-bond acceptors (Lipinski definition) is 1. The van der Waals surface area contributed by atoms with Gasteiger partial charge in [-0.2, -0.15) is 18.4 Å². The predicted molar refractivity (Wildman–Crippen MR) is 41.5 cm³/mol. The first kappa shape index (κ1) is 9.88. The zero-order valence-electron chi connectivity index (χ0n) is 6.04. The third kappa shape index (κ3) is 2.13. The van der Waals surface area contributed by atoms with Crippen LogP contribution in [0.1, 0.15) is 11.1 Å². The topological polar surface area (TPSA) is 23.8 Å². The second-order valence-corrected chi connectivity index (χ2v) is 2.99. The van der Waals surface area contributed by atoms with E-state index < -0.39 is 11.7 Å². The highest BCUT2D eigenvalue weighted by Crippen LogP contribution is 2.33. The SMILES string of the molecule is N#Cc1c#cc(C(F)(F)F)c(Br)c1. The van der Waals surface area contributed by atoms with Gasteiger partial charge in [-0.05, 0) is 22.0 Å². The zero-order valence-corrected chi connectivity index (χ0v) is 7.62. The first-order chi connectivity index (χ1) is 5.95. The van der Waals surface area contributed by atoms with E-state index in [0.29, 0.717) is 0 Å². The molecule has 0 saturated heterocycles. The second kappa shape index (κ2) is 3.27. The average Bonchev–Trinajstić information content (AvgIpc) is 2.01. The Morgan fingerprint density at radius 1 is 1.38 bits per heavy atom. The van der Waals surface area contributed by atoms with Gasteiger partial charge in [0, 0.05) is 4.47 Å². The lowest BCUT2D eigenvalue weighted by Crippen LogP contribution is -2.05. The van der Waals surface area contributed by atoms with Crippen LogP contribution in [0.15, 0.2) is 10.5 Å². The number of alkyl halides is 3. The first-order valence-electron chi connectivity index (χ1n) is 3.06. The van der Waals surface area contributed by atoms with Crippen LogP contribution in [0.5, 0.6) is 0 Å². The van der Waals surface area contributed by atoms with Gasteiger partial charge in [-0.25, -0.2) is 0 Å². The van der Waals surface area contributed by atoms with Crippen molar-refractivity contribution in [2.24, 2.45) is 0 Å². The van der Waals surface area contributed by atoms with Gasteiger partial charge in [0.2, 0.25) is 0 Å². The fourth-order valence-corrected chi connectivity index (χ4v) is 1.24. The third-order valence-electron chi connectivity index (χ3n) is 1.24. The Balaban J connectivity index is 3.23. The highest BCUT2D eigenvalue weighted by Gasteiger charge is 2.33. The van der Waals surface area contributed by atoms with Crippen LogP contribution in [-0.2, 0) is 6.18 Å². The van der Waals surface area contributed by atoms with Gasteiger partial charge in [-0.15, -0.1) is 0 Å². The van der Waals surface area contributed by atoms with Crippen molar-refractivity contribution in [2.45, 2.75) is 6.18 Å². The van der Waals surface area contributed by atoms with Gasteiger partial charge in [0.05, 0.1) is 0 Å². The first-order valence-corrected chi connectivity index (χ1v) is 3.85. The van der Waals surface area contributed by atoms with E-state index >= 15 is 0 Å². The molecule has 0 spiro atoms. The fourth-order valence-electron chi connectivity index (χ4n) is 0.691. The van der Waals surface area contributed by atoms with Gasteiger partial charge in [-0.3, -0.25) is 0 Å². The van der Waals surface area contributed by atoms with E-state index in [-0.39, 0.29) is 10.0 Å². The highest BCUT2D eigenvalue weighted by atomic mass is 79.9. The molecule has 0 aliphatic heterocycles. The van der Waals surface area contributed by atoms with Crippen LogP contribution >= 0.6 is 15.9 Å². The lowest BCUT2D eigenvalue weighted by Gasteiger charge is -2.04. The van der Waals surface area contributed by atoms with Gasteiger partial charge in [-0.1, -0.05) is 12.1 Å². The minimum atomic E-state index is -4.47. The summed E-state index contributed by atoms with van der Waals surface area (Å²) in [6.07, 6.45) is -4.47. The maximum atomic E-state index is 12.1. The summed E-state index contributed by atoms with van der Waals surface area (Å²) in [5.41, 5.74) is -0.939. The van der Waals surface area contributed by atoms with Crippen molar-refractivity contribution in [1.82, 2.24) is 0 Å². The maximum Gasteiger partial charge on any atom is 0.425 e. The Morgan fingerprint density at radius 2 is 2.00 bits per heavy atom. The van der Waals surface area contributed by atoms with Crippen molar-refractivity contribution in [3.8, 4) is 6.07 Å². The highest BCUT2D eigenvalue weighted by molar-refractivity contribution is 9.10. The monoisotopic (exact) mass is 247 g/mol. The van der Waals surface area contributed by atoms with Gasteiger partial charge >= 0.3 is 6.18 Å². The standard InChI is InChI=1S/C8HBrF3N/c9-7-3-5(4-13)1-2-6(7)8(10,11)12/h3H. The molecule has 1 aromatic carbocycles. The maximum absolute atomic E-state index is 12.1. The minimum absolute atomic E-state index is 0.0138. The van der Waals surface area contributed by atoms with Crippen molar-refractivity contribution >= 4 is 15.9 Å². The summed E-state index contributed by atoms with van der Waals surface area (Å²) in [6.45, 7) is 0. The van der Waals surface area contributed by atoms with Crippen molar-refractivity contribution < 1.29 is 13.2 Å². The Bertz CT molecular complexity index is 365. The second-order valence-electron chi connectivity index (χ2n) is 2.14. The fraction of sp³-hybridized carbons (Fsp3) is 0.125. The van der Waals surface area contributed by atoms with Crippen molar-refractivity contribution in [2.75, 3.05) is 0 Å². The molecule has 5 heteroatoms. The Hall–Kier alpha value is -1.20. The molecule has 0 aromatic heterocycles. The quantitative estimate of drug-likeness (QED) is 0.692. The van der Waals surface area contributed by atoms with Gasteiger partial charge < -0.3 is 0 Å². The van der Waals surface area contributed by atoms with Crippen molar-refractivity contribution in [3.63, 3.8) is 0 Å². The summed E-state index contributed by atoms with van der Waals surface area (Å²) in [4.78, 5) is 0. The summed E-state index contributed by atoms with van der Waals surface area (Å²) in [5, 5.41) is 8.35. The lowest BCUT2D eigenvalue weighted by atomic mass is 10.2. The molecule has 0 atom stereocenters. The summed E-state index contributed by atoms with van der Waals surface area (Å²) >= 11 is 2.70. The molecule has 1 aromatic rings. The zero-order chi connectivity index (χ0) is 10.1. The number of nitrogens with zero attached hydrogens (tertiary/aromatic N) is 1. The molecule has 1 rings (SSSR count). The molecular formula is C8HBrF3N. The Kier molecular flexibility index (Phi) is 2.49. The summed E-state index contributed by atoms with van der Waals surface area (Å²) < 4.78 is 36.2. The van der Waals surface area contributed by atoms with E-state index in [0.717, 1.165) is 6.07 Å². The molecule has 0 N–H and O–H groups in total. The van der Waals surface area contributed by atoms with Crippen LogP contribution in [0.25, 0.3) is 0 Å². The minimum Gasteiger partial charge on any atom is -0.192 e. The van der Waals surface area contributed by atoms with E-state index in [1.165, 1.54) is 0 Å². The van der Waals surface area contributed by atoms with E-state index in [9.17, 15) is 13.2 Å². The van der Waals surface area contributed by atoms with Crippen molar-refractivity contribution in [3.05, 3.63) is 33.8 Å². The third-order valence-corrected chi connectivity index (χ3v) is 1.86. The summed E-state index contributed by atoms with van der Waals surface area (Å²) in [5.74, 6) is 0. The molecular weight excluding hydrogens is 247 g/mol. The van der Waals surface area contributed by atoms with Crippen LogP contribution < -0.4 is 0 Å². The molecule has 0 bridgehead atoms. The molecule has 0 aliphatic carbocycles. The average molecular weight is 248 g/mol. The van der Waals surface area contributed by atoms with E-state index in [1.807, 2.05) is 6.07 Å². The Morgan fingerprint density at radius 3 is 2.38 bits per heavy atom. The molecule has 0 radical (unpaired) electrons. The van der Waals surface area contributed by atoms with Gasteiger partial charge in [0.25, 0.3) is 0 Å². The Labute approximate surface area is 80.9 Å². The van der Waals surface area contributed by atoms with Crippen LogP contribution in [0.3, 0.4) is 0 Å². The smallest absolute Gasteiger partial charge is 0.192 e. The van der Waals surface area contributed by atoms with Crippen LogP contribution in [0, 0.1) is 23.5 Å². The normalized spacial score (nSPS) is 10.4. The van der Waals surface area contributed by atoms with E-state index in [1.54, 1.807) is 6.07 Å². The number of hydrogen-bond donors (Lipinski definition) is 0. The molecule has 13 heavy (non-hydrogen) atoms. The number of rotatable bonds is 0. The molecule has 0 saturated carbocycles. The lowest BCUT2D eigenvalue weighted by molar-refractivity contribution is -0.138. The predicted octanol–water partition coefficient (Wildman–Crippen LogP) is 2.94. The number of halogens is 4. The van der Waals surface area contributed by atoms with Gasteiger partial charge in [0.15, 0.2) is 0 Å². The number of nitriles is 1. The summed E-state index contributed by atoms with van der Waals surface area (Å²) in [6, 6.07) is 6.69. The van der Waals surface area contributed by atoms with E-state index in [2.05, 4.69) is 22.0 Å². The van der Waals surface area contributed by atoms with Gasteiger partial charge in [0.1, 0.15) is 17.2 Å². The molecule has 0 aliphatic rings. The molecule has 0 unspecified atom stereocenters. The van der Waals surface area contributed by atoms with E-state index in [4.69, 9.17) is 5.26 Å². The molecule has 0 amide bonds. The van der Waals surface area contributed by atoms with Crippen LogP contribution in [-0.4, -0.2) is 0 Å². The largest absolute Gasteiger partial charge is 0.425 e. The van der Waals surface area contributed by atoms with Crippen LogP contribution in [0.4, 0.5) is 13.2 Å². The molecule has 0 heterocycles. The molecule has 0 fully saturated rings. The molecule has 1 nitrogen and oxygen atoms in total.